The monoisotopic (exact) mass is 402 g/mol. The Kier molecular flexibility index (Phi) is 6.86. The molecule has 0 aliphatic heterocycles. The van der Waals surface area contributed by atoms with Gasteiger partial charge in [-0.05, 0) is 61.4 Å². The number of rotatable bonds is 7. The zero-order valence-electron chi connectivity index (χ0n) is 17.5. The van der Waals surface area contributed by atoms with E-state index in [2.05, 4.69) is 5.32 Å². The minimum Gasteiger partial charge on any atom is -0.496 e. The molecule has 0 aromatic heterocycles. The molecule has 0 heterocycles. The molecule has 5 heteroatoms. The predicted molar refractivity (Wildman–Crippen MR) is 120 cm³/mol. The lowest BCUT2D eigenvalue weighted by atomic mass is 10.1. The van der Waals surface area contributed by atoms with E-state index < -0.39 is 0 Å². The van der Waals surface area contributed by atoms with Crippen molar-refractivity contribution in [1.82, 2.24) is 0 Å². The highest BCUT2D eigenvalue weighted by molar-refractivity contribution is 6.04. The Morgan fingerprint density at radius 3 is 2.30 bits per heavy atom. The van der Waals surface area contributed by atoms with Crippen LogP contribution in [0.5, 0.6) is 5.75 Å². The van der Waals surface area contributed by atoms with Crippen LogP contribution < -0.4 is 15.0 Å². The fourth-order valence-corrected chi connectivity index (χ4v) is 3.25. The minimum absolute atomic E-state index is 0.0345. The van der Waals surface area contributed by atoms with Gasteiger partial charge in [0.1, 0.15) is 5.75 Å². The minimum atomic E-state index is -0.210. The first-order chi connectivity index (χ1) is 14.5. The molecule has 0 aliphatic rings. The summed E-state index contributed by atoms with van der Waals surface area (Å²) < 4.78 is 5.28. The molecule has 30 heavy (non-hydrogen) atoms. The van der Waals surface area contributed by atoms with Crippen molar-refractivity contribution in [2.75, 3.05) is 23.9 Å². The Bertz CT molecular complexity index is 1010. The average Bonchev–Trinajstić information content (AvgIpc) is 2.76. The highest BCUT2D eigenvalue weighted by Crippen LogP contribution is 2.20. The van der Waals surface area contributed by atoms with Crippen molar-refractivity contribution >= 4 is 23.2 Å². The zero-order valence-corrected chi connectivity index (χ0v) is 17.5. The highest BCUT2D eigenvalue weighted by Gasteiger charge is 2.14. The van der Waals surface area contributed by atoms with Crippen molar-refractivity contribution in [1.29, 1.82) is 0 Å². The van der Waals surface area contributed by atoms with Gasteiger partial charge < -0.3 is 15.0 Å². The lowest BCUT2D eigenvalue weighted by Gasteiger charge is -2.21. The summed E-state index contributed by atoms with van der Waals surface area (Å²) in [4.78, 5) is 27.0. The van der Waals surface area contributed by atoms with Crippen LogP contribution in [0, 0.1) is 6.92 Å². The number of likely N-dealkylation sites (N-methyl/N-ethyl adjacent to an activating group) is 1. The molecule has 1 N–H and O–H groups in total. The second-order valence-corrected chi connectivity index (χ2v) is 6.99. The lowest BCUT2D eigenvalue weighted by Crippen LogP contribution is -2.31. The molecular weight excluding hydrogens is 376 g/mol. The number of carbonyl (C=O) groups excluding carboxylic acids is 2. The van der Waals surface area contributed by atoms with Crippen molar-refractivity contribution < 1.29 is 14.3 Å². The van der Waals surface area contributed by atoms with Crippen LogP contribution in [-0.2, 0) is 11.2 Å². The van der Waals surface area contributed by atoms with Crippen LogP contribution in [0.3, 0.4) is 0 Å². The standard InChI is InChI=1S/C25H26N2O3/c1-4-27(22-8-6-5-7-9-22)24(28)16-19-11-14-21(15-12-19)26-25(29)20-13-10-18(2)23(17-20)30-3/h5-15,17H,4,16H2,1-3H3,(H,26,29). The van der Waals surface area contributed by atoms with E-state index in [1.165, 1.54) is 0 Å². The third-order valence-corrected chi connectivity index (χ3v) is 4.92. The van der Waals surface area contributed by atoms with E-state index in [-0.39, 0.29) is 11.8 Å². The maximum absolute atomic E-state index is 12.7. The molecule has 0 atom stereocenters. The number of para-hydroxylation sites is 1. The van der Waals surface area contributed by atoms with E-state index in [4.69, 9.17) is 4.74 Å². The molecule has 3 rings (SSSR count). The first-order valence-corrected chi connectivity index (χ1v) is 9.92. The van der Waals surface area contributed by atoms with Crippen LogP contribution in [0.2, 0.25) is 0 Å². The second-order valence-electron chi connectivity index (χ2n) is 6.99. The summed E-state index contributed by atoms with van der Waals surface area (Å²) in [7, 11) is 1.58. The van der Waals surface area contributed by atoms with Gasteiger partial charge in [0.2, 0.25) is 5.91 Å². The number of nitrogens with zero attached hydrogens (tertiary/aromatic N) is 1. The highest BCUT2D eigenvalue weighted by atomic mass is 16.5. The van der Waals surface area contributed by atoms with Gasteiger partial charge in [-0.3, -0.25) is 9.59 Å². The Morgan fingerprint density at radius 2 is 1.67 bits per heavy atom. The molecule has 0 spiro atoms. The van der Waals surface area contributed by atoms with Crippen LogP contribution in [0.1, 0.15) is 28.4 Å². The summed E-state index contributed by atoms with van der Waals surface area (Å²) in [5, 5.41) is 2.88. The number of aryl methyl sites for hydroxylation is 1. The summed E-state index contributed by atoms with van der Waals surface area (Å²) in [6, 6.07) is 22.3. The molecule has 0 radical (unpaired) electrons. The molecule has 0 saturated carbocycles. The molecule has 0 saturated heterocycles. The van der Waals surface area contributed by atoms with Crippen LogP contribution in [-0.4, -0.2) is 25.5 Å². The summed E-state index contributed by atoms with van der Waals surface area (Å²) in [6.45, 7) is 4.50. The van der Waals surface area contributed by atoms with E-state index >= 15 is 0 Å². The number of hydrogen-bond donors (Lipinski definition) is 1. The molecule has 2 amide bonds. The van der Waals surface area contributed by atoms with E-state index in [1.807, 2.05) is 74.5 Å². The van der Waals surface area contributed by atoms with Crippen LogP contribution >= 0.6 is 0 Å². The Morgan fingerprint density at radius 1 is 0.967 bits per heavy atom. The zero-order chi connectivity index (χ0) is 21.5. The Hall–Kier alpha value is -3.60. The summed E-state index contributed by atoms with van der Waals surface area (Å²) in [6.07, 6.45) is 0.298. The number of benzene rings is 3. The van der Waals surface area contributed by atoms with Gasteiger partial charge in [0.15, 0.2) is 0 Å². The lowest BCUT2D eigenvalue weighted by molar-refractivity contribution is -0.117. The quantitative estimate of drug-likeness (QED) is 0.614. The molecule has 3 aromatic carbocycles. The van der Waals surface area contributed by atoms with Crippen molar-refractivity contribution in [3.63, 3.8) is 0 Å². The maximum atomic E-state index is 12.7. The fraction of sp³-hybridized carbons (Fsp3) is 0.200. The molecule has 154 valence electrons. The third-order valence-electron chi connectivity index (χ3n) is 4.92. The molecule has 0 fully saturated rings. The largest absolute Gasteiger partial charge is 0.496 e. The normalized spacial score (nSPS) is 10.4. The van der Waals surface area contributed by atoms with Crippen molar-refractivity contribution in [2.45, 2.75) is 20.3 Å². The number of carbonyl (C=O) groups is 2. The summed E-state index contributed by atoms with van der Waals surface area (Å²) in [5.74, 6) is 0.501. The number of amides is 2. The van der Waals surface area contributed by atoms with Gasteiger partial charge in [0.25, 0.3) is 5.91 Å². The fourth-order valence-electron chi connectivity index (χ4n) is 3.25. The van der Waals surface area contributed by atoms with Gasteiger partial charge in [-0.1, -0.05) is 36.4 Å². The first kappa shape index (κ1) is 21.1. The first-order valence-electron chi connectivity index (χ1n) is 9.92. The smallest absolute Gasteiger partial charge is 0.255 e. The van der Waals surface area contributed by atoms with Crippen LogP contribution in [0.25, 0.3) is 0 Å². The van der Waals surface area contributed by atoms with Gasteiger partial charge in [0, 0.05) is 23.5 Å². The molecule has 0 unspecified atom stereocenters. The Balaban J connectivity index is 1.64. The van der Waals surface area contributed by atoms with E-state index in [1.54, 1.807) is 24.1 Å². The van der Waals surface area contributed by atoms with Crippen molar-refractivity contribution in [2.24, 2.45) is 0 Å². The molecule has 3 aromatic rings. The van der Waals surface area contributed by atoms with E-state index in [9.17, 15) is 9.59 Å². The van der Waals surface area contributed by atoms with Crippen molar-refractivity contribution in [3.8, 4) is 5.75 Å². The number of ether oxygens (including phenoxy) is 1. The van der Waals surface area contributed by atoms with Gasteiger partial charge in [-0.2, -0.15) is 0 Å². The SMILES string of the molecule is CCN(C(=O)Cc1ccc(NC(=O)c2ccc(C)c(OC)c2)cc1)c1ccccc1. The predicted octanol–water partition coefficient (Wildman–Crippen LogP) is 4.85. The van der Waals surface area contributed by atoms with E-state index in [0.717, 1.165) is 16.8 Å². The molecule has 0 aliphatic carbocycles. The Labute approximate surface area is 177 Å². The number of methoxy groups -OCH3 is 1. The number of anilines is 2. The van der Waals surface area contributed by atoms with Gasteiger partial charge in [-0.15, -0.1) is 0 Å². The summed E-state index contributed by atoms with van der Waals surface area (Å²) >= 11 is 0. The molecular formula is C25H26N2O3. The summed E-state index contributed by atoms with van der Waals surface area (Å²) in [5.41, 5.74) is 3.95. The van der Waals surface area contributed by atoms with Gasteiger partial charge in [0.05, 0.1) is 13.5 Å². The average molecular weight is 402 g/mol. The second kappa shape index (κ2) is 9.74. The van der Waals surface area contributed by atoms with Crippen LogP contribution in [0.4, 0.5) is 11.4 Å². The van der Waals surface area contributed by atoms with Gasteiger partial charge in [-0.25, -0.2) is 0 Å². The molecule has 0 bridgehead atoms. The topological polar surface area (TPSA) is 58.6 Å². The number of hydrogen-bond acceptors (Lipinski definition) is 3. The van der Waals surface area contributed by atoms with E-state index in [0.29, 0.717) is 30.0 Å². The van der Waals surface area contributed by atoms with Gasteiger partial charge >= 0.3 is 0 Å². The third kappa shape index (κ3) is 5.06. The van der Waals surface area contributed by atoms with Crippen molar-refractivity contribution in [3.05, 3.63) is 89.5 Å². The molecule has 5 nitrogen and oxygen atoms in total. The van der Waals surface area contributed by atoms with Crippen LogP contribution in [0.15, 0.2) is 72.8 Å². The maximum Gasteiger partial charge on any atom is 0.255 e. The number of nitrogens with one attached hydrogen (secondary N) is 1.